The first-order valence-electron chi connectivity index (χ1n) is 11.2. The Morgan fingerprint density at radius 1 is 1.03 bits per heavy atom. The average Bonchev–Trinajstić information content (AvgIpc) is 3.10. The highest BCUT2D eigenvalue weighted by molar-refractivity contribution is 8.18. The fraction of sp³-hybridized carbons (Fsp3) is 0.259. The normalized spacial score (nSPS) is 15.9. The van der Waals surface area contributed by atoms with Crippen molar-refractivity contribution < 1.29 is 19.1 Å². The minimum atomic E-state index is -0.282. The number of nitrogens with zero attached hydrogens (tertiary/aromatic N) is 1. The molecule has 5 nitrogen and oxygen atoms in total. The van der Waals surface area contributed by atoms with Crippen molar-refractivity contribution in [3.63, 3.8) is 0 Å². The van der Waals surface area contributed by atoms with E-state index in [1.165, 1.54) is 10.3 Å². The van der Waals surface area contributed by atoms with Crippen molar-refractivity contribution >= 4 is 51.4 Å². The van der Waals surface area contributed by atoms with Crippen LogP contribution in [0.1, 0.15) is 38.3 Å². The second-order valence-corrected chi connectivity index (χ2v) is 9.44. The molecule has 0 radical (unpaired) electrons. The summed E-state index contributed by atoms with van der Waals surface area (Å²) in [4.78, 5) is 26.8. The van der Waals surface area contributed by atoms with Crippen LogP contribution in [0.4, 0.5) is 4.79 Å². The number of rotatable bonds is 8. The molecule has 1 fully saturated rings. The van der Waals surface area contributed by atoms with E-state index in [2.05, 4.69) is 24.3 Å². The minimum absolute atomic E-state index is 0.146. The lowest BCUT2D eigenvalue weighted by molar-refractivity contribution is -0.124. The monoisotopic (exact) mass is 495 g/mol. The number of imide groups is 1. The molecule has 3 aromatic rings. The van der Waals surface area contributed by atoms with E-state index in [4.69, 9.17) is 21.1 Å². The Morgan fingerprint density at radius 2 is 1.79 bits per heavy atom. The Balaban J connectivity index is 1.58. The third-order valence-electron chi connectivity index (χ3n) is 5.68. The van der Waals surface area contributed by atoms with Crippen LogP contribution in [-0.2, 0) is 11.4 Å². The maximum Gasteiger partial charge on any atom is 0.293 e. The molecule has 0 N–H and O–H groups in total. The van der Waals surface area contributed by atoms with Gasteiger partial charge in [0.05, 0.1) is 16.5 Å². The maximum atomic E-state index is 12.8. The highest BCUT2D eigenvalue weighted by Gasteiger charge is 2.37. The number of hydrogen-bond acceptors (Lipinski definition) is 5. The molecule has 1 saturated heterocycles. The quantitative estimate of drug-likeness (QED) is 0.307. The zero-order chi connectivity index (χ0) is 24.2. The van der Waals surface area contributed by atoms with Gasteiger partial charge in [-0.15, -0.1) is 0 Å². The van der Waals surface area contributed by atoms with Crippen molar-refractivity contribution in [2.24, 2.45) is 0 Å². The van der Waals surface area contributed by atoms with Crippen molar-refractivity contribution in [3.8, 4) is 11.5 Å². The summed E-state index contributed by atoms with van der Waals surface area (Å²) in [7, 11) is 0. The lowest BCUT2D eigenvalue weighted by Gasteiger charge is -2.19. The van der Waals surface area contributed by atoms with Gasteiger partial charge in [0.1, 0.15) is 6.61 Å². The third kappa shape index (κ3) is 5.08. The predicted molar refractivity (Wildman–Crippen MR) is 138 cm³/mol. The molecule has 1 atom stereocenters. The topological polar surface area (TPSA) is 55.8 Å². The van der Waals surface area contributed by atoms with Crippen molar-refractivity contribution in [2.75, 3.05) is 6.61 Å². The van der Waals surface area contributed by atoms with Gasteiger partial charge in [0.2, 0.25) is 0 Å². The van der Waals surface area contributed by atoms with Crippen LogP contribution in [0.15, 0.2) is 59.5 Å². The summed E-state index contributed by atoms with van der Waals surface area (Å²) in [6.45, 7) is 6.45. The molecular formula is C27H26ClNO4S. The summed E-state index contributed by atoms with van der Waals surface area (Å²) in [6, 6.07) is 17.7. The molecule has 4 rings (SSSR count). The van der Waals surface area contributed by atoms with Crippen molar-refractivity contribution in [3.05, 3.63) is 75.7 Å². The Labute approximate surface area is 208 Å². The largest absolute Gasteiger partial charge is 0.490 e. The fourth-order valence-electron chi connectivity index (χ4n) is 3.75. The maximum absolute atomic E-state index is 12.8. The minimum Gasteiger partial charge on any atom is -0.490 e. The number of fused-ring (bicyclic) bond motifs is 1. The third-order valence-corrected chi connectivity index (χ3v) is 6.85. The second kappa shape index (κ2) is 10.5. The first-order chi connectivity index (χ1) is 16.4. The van der Waals surface area contributed by atoms with E-state index in [0.717, 1.165) is 22.7 Å². The number of benzene rings is 3. The molecule has 2 amide bonds. The molecule has 1 aliphatic rings. The van der Waals surface area contributed by atoms with Gasteiger partial charge < -0.3 is 9.47 Å². The number of ether oxygens (including phenoxy) is 2. The SMILES string of the molecule is CCOc1cc(/C=C2/SC(=O)N([C@H](C)CC)C2=O)cc(Cl)c1OCc1ccc2ccccc2c1. The van der Waals surface area contributed by atoms with E-state index in [1.807, 2.05) is 39.0 Å². The molecule has 0 bridgehead atoms. The highest BCUT2D eigenvalue weighted by atomic mass is 35.5. The summed E-state index contributed by atoms with van der Waals surface area (Å²) in [5, 5.41) is 2.43. The molecule has 34 heavy (non-hydrogen) atoms. The molecule has 176 valence electrons. The van der Waals surface area contributed by atoms with Gasteiger partial charge in [0, 0.05) is 6.04 Å². The van der Waals surface area contributed by atoms with Gasteiger partial charge >= 0.3 is 0 Å². The molecule has 3 aromatic carbocycles. The van der Waals surface area contributed by atoms with E-state index in [9.17, 15) is 9.59 Å². The molecule has 1 aliphatic heterocycles. The van der Waals surface area contributed by atoms with Gasteiger partial charge in [-0.05, 0) is 78.2 Å². The van der Waals surface area contributed by atoms with Crippen LogP contribution >= 0.6 is 23.4 Å². The molecule has 0 aromatic heterocycles. The first kappa shape index (κ1) is 24.2. The zero-order valence-electron chi connectivity index (χ0n) is 19.3. The van der Waals surface area contributed by atoms with Gasteiger partial charge in [-0.2, -0.15) is 0 Å². The number of carbonyl (C=O) groups is 2. The van der Waals surface area contributed by atoms with Gasteiger partial charge in [-0.25, -0.2) is 0 Å². The molecule has 1 heterocycles. The van der Waals surface area contributed by atoms with Crippen LogP contribution in [0, 0.1) is 0 Å². The predicted octanol–water partition coefficient (Wildman–Crippen LogP) is 7.31. The molecule has 7 heteroatoms. The average molecular weight is 496 g/mol. The molecule has 0 aliphatic carbocycles. The van der Waals surface area contributed by atoms with Gasteiger partial charge in [0.25, 0.3) is 11.1 Å². The number of halogens is 1. The summed E-state index contributed by atoms with van der Waals surface area (Å²) >= 11 is 7.52. The molecule has 0 saturated carbocycles. The Hall–Kier alpha value is -2.96. The van der Waals surface area contributed by atoms with E-state index < -0.39 is 0 Å². The van der Waals surface area contributed by atoms with Crippen molar-refractivity contribution in [1.29, 1.82) is 0 Å². The van der Waals surface area contributed by atoms with Crippen LogP contribution < -0.4 is 9.47 Å². The molecule has 0 spiro atoms. The summed E-state index contributed by atoms with van der Waals surface area (Å²) in [5.74, 6) is 0.653. The van der Waals surface area contributed by atoms with Crippen LogP contribution in [0.3, 0.4) is 0 Å². The van der Waals surface area contributed by atoms with Crippen molar-refractivity contribution in [1.82, 2.24) is 4.90 Å². The van der Waals surface area contributed by atoms with E-state index in [-0.39, 0.29) is 17.2 Å². The number of amides is 2. The van der Waals surface area contributed by atoms with Gasteiger partial charge in [0.15, 0.2) is 11.5 Å². The van der Waals surface area contributed by atoms with Crippen LogP contribution in [0.5, 0.6) is 11.5 Å². The Bertz CT molecular complexity index is 1270. The fourth-order valence-corrected chi connectivity index (χ4v) is 4.96. The Morgan fingerprint density at radius 3 is 2.53 bits per heavy atom. The lowest BCUT2D eigenvalue weighted by Crippen LogP contribution is -2.36. The standard InChI is InChI=1S/C27H26ClNO4S/c1-4-17(3)29-26(30)24(34-27(29)31)15-19-13-22(28)25(23(14-19)32-5-2)33-16-18-10-11-20-8-6-7-9-21(20)12-18/h6-15,17H,4-5,16H2,1-3H3/b24-15+/t17-/m1/s1. The number of hydrogen-bond donors (Lipinski definition) is 0. The summed E-state index contributed by atoms with van der Waals surface area (Å²) in [5.41, 5.74) is 1.68. The van der Waals surface area contributed by atoms with Gasteiger partial charge in [-0.1, -0.05) is 54.9 Å². The molecular weight excluding hydrogens is 470 g/mol. The number of carbonyl (C=O) groups excluding carboxylic acids is 2. The van der Waals surface area contributed by atoms with Crippen LogP contribution in [-0.4, -0.2) is 28.7 Å². The first-order valence-corrected chi connectivity index (χ1v) is 12.4. The van der Waals surface area contributed by atoms with Crippen LogP contribution in [0.2, 0.25) is 5.02 Å². The Kier molecular flexibility index (Phi) is 7.49. The number of thioether (sulfide) groups is 1. The van der Waals surface area contributed by atoms with E-state index in [0.29, 0.717) is 46.6 Å². The zero-order valence-corrected chi connectivity index (χ0v) is 20.9. The van der Waals surface area contributed by atoms with E-state index in [1.54, 1.807) is 18.2 Å². The molecule has 0 unspecified atom stereocenters. The van der Waals surface area contributed by atoms with Crippen molar-refractivity contribution in [2.45, 2.75) is 39.8 Å². The summed E-state index contributed by atoms with van der Waals surface area (Å²) < 4.78 is 11.9. The smallest absolute Gasteiger partial charge is 0.293 e. The van der Waals surface area contributed by atoms with E-state index >= 15 is 0 Å². The van der Waals surface area contributed by atoms with Gasteiger partial charge in [-0.3, -0.25) is 14.5 Å². The second-order valence-electron chi connectivity index (χ2n) is 8.04. The summed E-state index contributed by atoms with van der Waals surface area (Å²) in [6.07, 6.45) is 2.38. The van der Waals surface area contributed by atoms with Crippen LogP contribution in [0.25, 0.3) is 16.8 Å². The highest BCUT2D eigenvalue weighted by Crippen LogP contribution is 2.40. The lowest BCUT2D eigenvalue weighted by atomic mass is 10.1.